The van der Waals surface area contributed by atoms with E-state index in [1.165, 1.54) is 19.3 Å². The molecular formula is C13H25N3O2. The fraction of sp³-hybridized carbons (Fsp3) is 0.923. The third-order valence-corrected chi connectivity index (χ3v) is 3.84. The molecule has 104 valence electrons. The van der Waals surface area contributed by atoms with Crippen molar-refractivity contribution < 1.29 is 9.53 Å². The number of likely N-dealkylation sites (tertiary alicyclic amines) is 1. The average molecular weight is 255 g/mol. The number of ether oxygens (including phenoxy) is 1. The van der Waals surface area contributed by atoms with Gasteiger partial charge in [0.1, 0.15) is 6.61 Å². The minimum atomic E-state index is -0.139. The molecule has 18 heavy (non-hydrogen) atoms. The van der Waals surface area contributed by atoms with E-state index in [0.717, 1.165) is 45.8 Å². The zero-order valence-electron chi connectivity index (χ0n) is 11.4. The number of piperidine rings is 1. The summed E-state index contributed by atoms with van der Waals surface area (Å²) in [7, 11) is 2.08. The van der Waals surface area contributed by atoms with Crippen LogP contribution in [-0.4, -0.2) is 80.3 Å². The van der Waals surface area contributed by atoms with Crippen molar-refractivity contribution >= 4 is 6.09 Å². The minimum absolute atomic E-state index is 0.139. The molecule has 0 saturated carbocycles. The van der Waals surface area contributed by atoms with Crippen LogP contribution < -0.4 is 0 Å². The first-order valence-corrected chi connectivity index (χ1v) is 7.08. The zero-order chi connectivity index (χ0) is 12.8. The highest BCUT2D eigenvalue weighted by molar-refractivity contribution is 5.67. The van der Waals surface area contributed by atoms with E-state index in [1.807, 2.05) is 4.90 Å². The molecule has 2 saturated heterocycles. The normalized spacial score (nSPS) is 23.1. The van der Waals surface area contributed by atoms with Gasteiger partial charge in [-0.1, -0.05) is 6.42 Å². The van der Waals surface area contributed by atoms with E-state index in [-0.39, 0.29) is 6.09 Å². The number of nitrogens with zero attached hydrogens (tertiary/aromatic N) is 3. The SMILES string of the molecule is CN1CCN(C(=O)OCCN2CCCCC2)CC1. The van der Waals surface area contributed by atoms with Crippen molar-refractivity contribution in [3.8, 4) is 0 Å². The van der Waals surface area contributed by atoms with Gasteiger partial charge in [0.25, 0.3) is 0 Å². The summed E-state index contributed by atoms with van der Waals surface area (Å²) in [5.41, 5.74) is 0. The van der Waals surface area contributed by atoms with E-state index < -0.39 is 0 Å². The second-order valence-corrected chi connectivity index (χ2v) is 5.31. The molecule has 2 aliphatic rings. The summed E-state index contributed by atoms with van der Waals surface area (Å²) in [5.74, 6) is 0. The van der Waals surface area contributed by atoms with Crippen LogP contribution in [0.3, 0.4) is 0 Å². The van der Waals surface area contributed by atoms with Crippen molar-refractivity contribution in [2.75, 3.05) is 59.5 Å². The number of likely N-dealkylation sites (N-methyl/N-ethyl adjacent to an activating group) is 1. The van der Waals surface area contributed by atoms with E-state index in [9.17, 15) is 4.79 Å². The molecule has 0 aromatic carbocycles. The van der Waals surface area contributed by atoms with Crippen LogP contribution in [0.2, 0.25) is 0 Å². The molecule has 2 aliphatic heterocycles. The first-order chi connectivity index (χ1) is 8.75. The van der Waals surface area contributed by atoms with Gasteiger partial charge in [0.15, 0.2) is 0 Å². The summed E-state index contributed by atoms with van der Waals surface area (Å²) in [6.07, 6.45) is 3.77. The number of rotatable bonds is 3. The second kappa shape index (κ2) is 6.95. The Bertz CT molecular complexity index is 259. The maximum Gasteiger partial charge on any atom is 0.409 e. The Balaban J connectivity index is 1.59. The monoisotopic (exact) mass is 255 g/mol. The van der Waals surface area contributed by atoms with Gasteiger partial charge in [-0.25, -0.2) is 4.79 Å². The zero-order valence-corrected chi connectivity index (χ0v) is 11.4. The highest BCUT2D eigenvalue weighted by atomic mass is 16.6. The highest BCUT2D eigenvalue weighted by Crippen LogP contribution is 2.08. The molecule has 5 nitrogen and oxygen atoms in total. The number of hydrogen-bond donors (Lipinski definition) is 0. The molecule has 2 rings (SSSR count). The fourth-order valence-electron chi connectivity index (χ4n) is 2.53. The Hall–Kier alpha value is -0.810. The van der Waals surface area contributed by atoms with Gasteiger partial charge in [-0.2, -0.15) is 0 Å². The van der Waals surface area contributed by atoms with Gasteiger partial charge in [0.2, 0.25) is 0 Å². The first-order valence-electron chi connectivity index (χ1n) is 7.08. The Morgan fingerprint density at radius 1 is 1.00 bits per heavy atom. The highest BCUT2D eigenvalue weighted by Gasteiger charge is 2.20. The van der Waals surface area contributed by atoms with Crippen LogP contribution in [0.1, 0.15) is 19.3 Å². The molecule has 5 heteroatoms. The molecule has 0 aromatic heterocycles. The van der Waals surface area contributed by atoms with E-state index in [0.29, 0.717) is 6.61 Å². The molecule has 0 bridgehead atoms. The molecule has 1 amide bonds. The lowest BCUT2D eigenvalue weighted by molar-refractivity contribution is 0.0711. The van der Waals surface area contributed by atoms with Crippen molar-refractivity contribution in [1.29, 1.82) is 0 Å². The van der Waals surface area contributed by atoms with Crippen LogP contribution >= 0.6 is 0 Å². The Morgan fingerprint density at radius 3 is 2.33 bits per heavy atom. The lowest BCUT2D eigenvalue weighted by atomic mass is 10.1. The van der Waals surface area contributed by atoms with Crippen molar-refractivity contribution in [3.63, 3.8) is 0 Å². The van der Waals surface area contributed by atoms with Crippen LogP contribution in [0.5, 0.6) is 0 Å². The molecule has 0 aliphatic carbocycles. The number of hydrogen-bond acceptors (Lipinski definition) is 4. The van der Waals surface area contributed by atoms with E-state index in [1.54, 1.807) is 0 Å². The van der Waals surface area contributed by atoms with Crippen LogP contribution in [0.15, 0.2) is 0 Å². The Labute approximate surface area is 110 Å². The molecule has 2 heterocycles. The van der Waals surface area contributed by atoms with Crippen LogP contribution in [-0.2, 0) is 4.74 Å². The predicted molar refractivity (Wildman–Crippen MR) is 70.7 cm³/mol. The molecule has 0 aromatic rings. The molecular weight excluding hydrogens is 230 g/mol. The lowest BCUT2D eigenvalue weighted by Gasteiger charge is -2.32. The smallest absolute Gasteiger partial charge is 0.409 e. The summed E-state index contributed by atoms with van der Waals surface area (Å²) in [6, 6.07) is 0. The lowest BCUT2D eigenvalue weighted by Crippen LogP contribution is -2.47. The fourth-order valence-corrected chi connectivity index (χ4v) is 2.53. The molecule has 2 fully saturated rings. The van der Waals surface area contributed by atoms with Gasteiger partial charge < -0.3 is 14.5 Å². The largest absolute Gasteiger partial charge is 0.448 e. The maximum atomic E-state index is 11.8. The van der Waals surface area contributed by atoms with E-state index in [4.69, 9.17) is 4.74 Å². The number of amides is 1. The second-order valence-electron chi connectivity index (χ2n) is 5.31. The van der Waals surface area contributed by atoms with Gasteiger partial charge in [0.05, 0.1) is 0 Å². The molecule has 0 atom stereocenters. The van der Waals surface area contributed by atoms with Gasteiger partial charge in [-0.05, 0) is 33.0 Å². The topological polar surface area (TPSA) is 36.0 Å². The van der Waals surface area contributed by atoms with Gasteiger partial charge in [0, 0.05) is 32.7 Å². The Kier molecular flexibility index (Phi) is 5.26. The van der Waals surface area contributed by atoms with E-state index in [2.05, 4.69) is 16.8 Å². The minimum Gasteiger partial charge on any atom is -0.448 e. The summed E-state index contributed by atoms with van der Waals surface area (Å²) >= 11 is 0. The van der Waals surface area contributed by atoms with Crippen molar-refractivity contribution in [1.82, 2.24) is 14.7 Å². The average Bonchev–Trinajstić information content (AvgIpc) is 2.40. The third-order valence-electron chi connectivity index (χ3n) is 3.84. The molecule has 0 radical (unpaired) electrons. The van der Waals surface area contributed by atoms with Crippen LogP contribution in [0.25, 0.3) is 0 Å². The van der Waals surface area contributed by atoms with Crippen molar-refractivity contribution in [2.24, 2.45) is 0 Å². The summed E-state index contributed by atoms with van der Waals surface area (Å²) in [4.78, 5) is 18.3. The number of carbonyl (C=O) groups excluding carboxylic acids is 1. The standard InChI is InChI=1S/C13H25N3O2/c1-14-7-9-16(10-8-14)13(17)18-12-11-15-5-3-2-4-6-15/h2-12H2,1H3. The number of carbonyl (C=O) groups is 1. The van der Waals surface area contributed by atoms with E-state index >= 15 is 0 Å². The van der Waals surface area contributed by atoms with Gasteiger partial charge in [-0.3, -0.25) is 4.90 Å². The quantitative estimate of drug-likeness (QED) is 0.749. The summed E-state index contributed by atoms with van der Waals surface area (Å²) in [6.45, 7) is 7.21. The predicted octanol–water partition coefficient (Wildman–Crippen LogP) is 0.856. The van der Waals surface area contributed by atoms with Gasteiger partial charge >= 0.3 is 6.09 Å². The van der Waals surface area contributed by atoms with Crippen LogP contribution in [0.4, 0.5) is 4.79 Å². The maximum absolute atomic E-state index is 11.8. The van der Waals surface area contributed by atoms with Crippen LogP contribution in [0, 0.1) is 0 Å². The summed E-state index contributed by atoms with van der Waals surface area (Å²) < 4.78 is 5.35. The molecule has 0 N–H and O–H groups in total. The van der Waals surface area contributed by atoms with Gasteiger partial charge in [-0.15, -0.1) is 0 Å². The summed E-state index contributed by atoms with van der Waals surface area (Å²) in [5, 5.41) is 0. The van der Waals surface area contributed by atoms with Crippen molar-refractivity contribution in [2.45, 2.75) is 19.3 Å². The Morgan fingerprint density at radius 2 is 1.67 bits per heavy atom. The third kappa shape index (κ3) is 4.14. The molecule has 0 unspecified atom stereocenters. The molecule has 0 spiro atoms. The van der Waals surface area contributed by atoms with Crippen molar-refractivity contribution in [3.05, 3.63) is 0 Å². The first kappa shape index (κ1) is 13.6. The number of piperazine rings is 1.